The molecule has 0 bridgehead atoms. The predicted octanol–water partition coefficient (Wildman–Crippen LogP) is 0.641. The van der Waals surface area contributed by atoms with Crippen molar-refractivity contribution >= 4 is 33.8 Å². The largest absolute Gasteiger partial charge is 0.328 e. The van der Waals surface area contributed by atoms with Crippen LogP contribution in [0.25, 0.3) is 0 Å². The van der Waals surface area contributed by atoms with Gasteiger partial charge in [0.1, 0.15) is 0 Å². The van der Waals surface area contributed by atoms with Crippen LogP contribution in [-0.4, -0.2) is 25.5 Å². The first-order valence-corrected chi connectivity index (χ1v) is 6.97. The highest BCUT2D eigenvalue weighted by Crippen LogP contribution is 2.23. The molecular weight excluding hydrogens is 270 g/mol. The molecule has 0 aliphatic heterocycles. The van der Waals surface area contributed by atoms with E-state index in [1.165, 1.54) is 17.5 Å². The summed E-state index contributed by atoms with van der Waals surface area (Å²) in [5.41, 5.74) is 5.59. The third-order valence-corrected chi connectivity index (χ3v) is 5.26. The quantitative estimate of drug-likeness (QED) is 0.853. The van der Waals surface area contributed by atoms with Gasteiger partial charge in [0.25, 0.3) is 10.0 Å². The Kier molecular flexibility index (Phi) is 4.30. The molecule has 0 radical (unpaired) electrons. The minimum Gasteiger partial charge on any atom is -0.328 e. The van der Waals surface area contributed by atoms with Crippen molar-refractivity contribution in [2.75, 3.05) is 0 Å². The molecule has 2 rings (SSSR count). The number of thiazole rings is 1. The summed E-state index contributed by atoms with van der Waals surface area (Å²) < 4.78 is 26.4. The number of rotatable bonds is 3. The van der Waals surface area contributed by atoms with Crippen molar-refractivity contribution in [3.8, 4) is 0 Å². The van der Waals surface area contributed by atoms with Gasteiger partial charge in [-0.1, -0.05) is 0 Å². The second kappa shape index (κ2) is 4.97. The summed E-state index contributed by atoms with van der Waals surface area (Å²) in [6.45, 7) is 1.78. The Morgan fingerprint density at radius 3 is 2.62 bits per heavy atom. The number of sulfonamides is 1. The van der Waals surface area contributed by atoms with Crippen LogP contribution in [0.5, 0.6) is 0 Å². The van der Waals surface area contributed by atoms with Gasteiger partial charge in [-0.3, -0.25) is 0 Å². The maximum atomic E-state index is 11.8. The average molecular weight is 284 g/mol. The van der Waals surface area contributed by atoms with E-state index in [0.717, 1.165) is 17.8 Å². The van der Waals surface area contributed by atoms with Crippen LogP contribution in [0, 0.1) is 6.92 Å². The Morgan fingerprint density at radius 1 is 1.56 bits per heavy atom. The summed E-state index contributed by atoms with van der Waals surface area (Å²) >= 11 is 1.18. The highest BCUT2D eigenvalue weighted by molar-refractivity contribution is 7.91. The van der Waals surface area contributed by atoms with E-state index < -0.39 is 10.0 Å². The molecule has 1 aliphatic carbocycles. The van der Waals surface area contributed by atoms with Gasteiger partial charge in [0.2, 0.25) is 0 Å². The number of hydrogen-bond donors (Lipinski definition) is 2. The van der Waals surface area contributed by atoms with E-state index in [4.69, 9.17) is 5.73 Å². The second-order valence-corrected chi connectivity index (χ2v) is 6.92. The van der Waals surface area contributed by atoms with E-state index in [-0.39, 0.29) is 28.7 Å². The SMILES string of the molecule is Cc1ncc(S(=O)(=O)NC2CC(N)C2)s1.Cl. The molecule has 0 unspecified atom stereocenters. The first-order valence-electron chi connectivity index (χ1n) is 4.68. The van der Waals surface area contributed by atoms with Crippen LogP contribution in [0.3, 0.4) is 0 Å². The number of halogens is 1. The monoisotopic (exact) mass is 283 g/mol. The predicted molar refractivity (Wildman–Crippen MR) is 65.4 cm³/mol. The van der Waals surface area contributed by atoms with Crippen LogP contribution < -0.4 is 10.5 Å². The Labute approximate surface area is 105 Å². The molecule has 0 atom stereocenters. The van der Waals surface area contributed by atoms with Crippen molar-refractivity contribution in [1.29, 1.82) is 0 Å². The van der Waals surface area contributed by atoms with Crippen LogP contribution in [0.2, 0.25) is 0 Å². The lowest BCUT2D eigenvalue weighted by atomic mass is 9.89. The van der Waals surface area contributed by atoms with E-state index in [2.05, 4.69) is 9.71 Å². The van der Waals surface area contributed by atoms with E-state index in [0.29, 0.717) is 0 Å². The minimum absolute atomic E-state index is 0. The van der Waals surface area contributed by atoms with Gasteiger partial charge in [0.05, 0.1) is 11.2 Å². The molecule has 1 heterocycles. The average Bonchev–Trinajstić information content (AvgIpc) is 2.49. The van der Waals surface area contributed by atoms with Crippen LogP contribution in [0.1, 0.15) is 17.8 Å². The number of aromatic nitrogens is 1. The summed E-state index contributed by atoms with van der Waals surface area (Å²) in [5.74, 6) is 0. The summed E-state index contributed by atoms with van der Waals surface area (Å²) in [5, 5.41) is 0.751. The molecule has 0 aromatic carbocycles. The second-order valence-electron chi connectivity index (χ2n) is 3.75. The van der Waals surface area contributed by atoms with Crippen molar-refractivity contribution in [3.05, 3.63) is 11.2 Å². The van der Waals surface area contributed by atoms with Gasteiger partial charge in [0, 0.05) is 12.1 Å². The zero-order valence-corrected chi connectivity index (χ0v) is 11.2. The summed E-state index contributed by atoms with van der Waals surface area (Å²) in [6, 6.07) is 0.133. The minimum atomic E-state index is -3.37. The van der Waals surface area contributed by atoms with Gasteiger partial charge in [-0.2, -0.15) is 0 Å². The number of hydrogen-bond acceptors (Lipinski definition) is 5. The molecular formula is C8H14ClN3O2S2. The lowest BCUT2D eigenvalue weighted by molar-refractivity contribution is 0.327. The lowest BCUT2D eigenvalue weighted by Gasteiger charge is -2.32. The van der Waals surface area contributed by atoms with Crippen LogP contribution in [-0.2, 0) is 10.0 Å². The molecule has 1 aromatic rings. The Balaban J connectivity index is 0.00000128. The molecule has 0 amide bonds. The zero-order chi connectivity index (χ0) is 11.1. The highest BCUT2D eigenvalue weighted by atomic mass is 35.5. The lowest BCUT2D eigenvalue weighted by Crippen LogP contribution is -2.50. The summed E-state index contributed by atoms with van der Waals surface area (Å²) in [6.07, 6.45) is 2.83. The fourth-order valence-electron chi connectivity index (χ4n) is 1.50. The van der Waals surface area contributed by atoms with Gasteiger partial charge in [0.15, 0.2) is 4.21 Å². The molecule has 5 nitrogen and oxygen atoms in total. The van der Waals surface area contributed by atoms with Gasteiger partial charge in [-0.15, -0.1) is 23.7 Å². The molecule has 0 spiro atoms. The Bertz CT molecular complexity index is 454. The van der Waals surface area contributed by atoms with Crippen molar-refractivity contribution in [3.63, 3.8) is 0 Å². The van der Waals surface area contributed by atoms with Crippen LogP contribution in [0.4, 0.5) is 0 Å². The van der Waals surface area contributed by atoms with Gasteiger partial charge in [-0.05, 0) is 19.8 Å². The molecule has 1 fully saturated rings. The maximum Gasteiger partial charge on any atom is 0.251 e. The van der Waals surface area contributed by atoms with Crippen LogP contribution >= 0.6 is 23.7 Å². The normalized spacial score (nSPS) is 24.6. The first-order chi connectivity index (χ1) is 6.97. The molecule has 8 heteroatoms. The smallest absolute Gasteiger partial charge is 0.251 e. The van der Waals surface area contributed by atoms with Gasteiger partial charge >= 0.3 is 0 Å². The van der Waals surface area contributed by atoms with E-state index >= 15 is 0 Å². The molecule has 92 valence electrons. The number of nitrogens with zero attached hydrogens (tertiary/aromatic N) is 1. The highest BCUT2D eigenvalue weighted by Gasteiger charge is 2.30. The summed E-state index contributed by atoms with van der Waals surface area (Å²) in [4.78, 5) is 3.92. The fraction of sp³-hybridized carbons (Fsp3) is 0.625. The zero-order valence-electron chi connectivity index (χ0n) is 8.71. The van der Waals surface area contributed by atoms with E-state index in [1.807, 2.05) is 0 Å². The van der Waals surface area contributed by atoms with Crippen molar-refractivity contribution in [2.24, 2.45) is 5.73 Å². The van der Waals surface area contributed by atoms with E-state index in [9.17, 15) is 8.42 Å². The number of nitrogens with one attached hydrogen (secondary N) is 1. The fourth-order valence-corrected chi connectivity index (χ4v) is 3.89. The maximum absolute atomic E-state index is 11.8. The third kappa shape index (κ3) is 2.92. The molecule has 3 N–H and O–H groups in total. The van der Waals surface area contributed by atoms with Gasteiger partial charge < -0.3 is 5.73 Å². The standard InChI is InChI=1S/C8H13N3O2S2.ClH/c1-5-10-4-8(14-5)15(12,13)11-7-2-6(9)3-7;/h4,6-7,11H,2-3,9H2,1H3;1H. The van der Waals surface area contributed by atoms with Crippen molar-refractivity contribution < 1.29 is 8.42 Å². The Hall–Kier alpha value is -0.210. The van der Waals surface area contributed by atoms with Gasteiger partial charge in [-0.25, -0.2) is 18.1 Å². The number of nitrogens with two attached hydrogens (primary N) is 1. The third-order valence-electron chi connectivity index (χ3n) is 2.36. The van der Waals surface area contributed by atoms with Crippen molar-refractivity contribution in [1.82, 2.24) is 9.71 Å². The summed E-state index contributed by atoms with van der Waals surface area (Å²) in [7, 11) is -3.37. The number of aryl methyl sites for hydroxylation is 1. The molecule has 0 saturated heterocycles. The first kappa shape index (κ1) is 13.9. The van der Waals surface area contributed by atoms with Crippen molar-refractivity contribution in [2.45, 2.75) is 36.1 Å². The molecule has 1 saturated carbocycles. The Morgan fingerprint density at radius 2 is 2.19 bits per heavy atom. The topological polar surface area (TPSA) is 85.1 Å². The molecule has 16 heavy (non-hydrogen) atoms. The van der Waals surface area contributed by atoms with Crippen LogP contribution in [0.15, 0.2) is 10.4 Å². The molecule has 1 aromatic heterocycles. The van der Waals surface area contributed by atoms with E-state index in [1.54, 1.807) is 6.92 Å². The molecule has 1 aliphatic rings.